The highest BCUT2D eigenvalue weighted by Crippen LogP contribution is 2.36. The van der Waals surface area contributed by atoms with Crippen molar-refractivity contribution in [2.24, 2.45) is 0 Å². The summed E-state index contributed by atoms with van der Waals surface area (Å²) < 4.78 is 7.35. The number of nitrogens with zero attached hydrogens (tertiary/aromatic N) is 1. The fourth-order valence-electron chi connectivity index (χ4n) is 1.79. The van der Waals surface area contributed by atoms with E-state index in [1.165, 1.54) is 3.57 Å². The minimum atomic E-state index is -1.65. The molecule has 116 valence electrons. The van der Waals surface area contributed by atoms with Gasteiger partial charge in [0.15, 0.2) is 8.32 Å². The maximum Gasteiger partial charge on any atom is 0.192 e. The lowest BCUT2D eigenvalue weighted by atomic mass is 10.2. The largest absolute Gasteiger partial charge is 0.415 e. The molecule has 2 aromatic heterocycles. The molecule has 4 nitrogen and oxygen atoms in total. The third-order valence-electron chi connectivity index (χ3n) is 4.18. The van der Waals surface area contributed by atoms with Crippen LogP contribution in [0.15, 0.2) is 18.5 Å². The summed E-state index contributed by atoms with van der Waals surface area (Å²) in [6.07, 6.45) is 3.84. The SMILES string of the molecule is CC(C)(C)[Si](C)(C)OCCNc1cnc2[nH]cc(I)c2c1. The molecule has 0 aliphatic heterocycles. The predicted octanol–water partition coefficient (Wildman–Crippen LogP) is 4.60. The van der Waals surface area contributed by atoms with Gasteiger partial charge in [0.1, 0.15) is 5.65 Å². The standard InChI is InChI=1S/C15H24IN3OSi/c1-15(2,3)21(4,5)20-7-6-17-11-8-12-13(16)10-19-14(12)18-9-11/h8-10,17H,6-7H2,1-5H3,(H,18,19). The van der Waals surface area contributed by atoms with Crippen LogP contribution in [0.1, 0.15) is 20.8 Å². The molecule has 0 aromatic carbocycles. The molecule has 2 aromatic rings. The van der Waals surface area contributed by atoms with Gasteiger partial charge in [0.25, 0.3) is 0 Å². The smallest absolute Gasteiger partial charge is 0.192 e. The lowest BCUT2D eigenvalue weighted by Crippen LogP contribution is -2.41. The molecule has 6 heteroatoms. The Morgan fingerprint density at radius 1 is 1.38 bits per heavy atom. The highest BCUT2D eigenvalue weighted by atomic mass is 127. The first kappa shape index (κ1) is 16.8. The number of aromatic nitrogens is 2. The zero-order valence-electron chi connectivity index (χ0n) is 13.4. The third kappa shape index (κ3) is 3.98. The summed E-state index contributed by atoms with van der Waals surface area (Å²) in [6.45, 7) is 12.9. The van der Waals surface area contributed by atoms with Crippen LogP contribution in [-0.2, 0) is 4.43 Å². The van der Waals surface area contributed by atoms with E-state index in [9.17, 15) is 0 Å². The fraction of sp³-hybridized carbons (Fsp3) is 0.533. The van der Waals surface area contributed by atoms with E-state index in [-0.39, 0.29) is 5.04 Å². The molecule has 0 radical (unpaired) electrons. The Kier molecular flexibility index (Phi) is 4.99. The zero-order chi connectivity index (χ0) is 15.7. The summed E-state index contributed by atoms with van der Waals surface area (Å²) in [6, 6.07) is 2.13. The van der Waals surface area contributed by atoms with Gasteiger partial charge in [-0.1, -0.05) is 20.8 Å². The van der Waals surface area contributed by atoms with Crippen LogP contribution in [0.25, 0.3) is 11.0 Å². The molecule has 21 heavy (non-hydrogen) atoms. The number of H-pyrrole nitrogens is 1. The number of anilines is 1. The monoisotopic (exact) mass is 417 g/mol. The summed E-state index contributed by atoms with van der Waals surface area (Å²) in [5.74, 6) is 0. The Balaban J connectivity index is 1.89. The maximum atomic E-state index is 6.16. The van der Waals surface area contributed by atoms with Crippen LogP contribution < -0.4 is 5.32 Å². The maximum absolute atomic E-state index is 6.16. The number of aromatic amines is 1. The van der Waals surface area contributed by atoms with Crippen molar-refractivity contribution in [3.05, 3.63) is 22.0 Å². The van der Waals surface area contributed by atoms with Crippen molar-refractivity contribution in [1.29, 1.82) is 0 Å². The van der Waals surface area contributed by atoms with Crippen molar-refractivity contribution in [1.82, 2.24) is 9.97 Å². The lowest BCUT2D eigenvalue weighted by Gasteiger charge is -2.36. The molecule has 2 N–H and O–H groups in total. The van der Waals surface area contributed by atoms with E-state index < -0.39 is 8.32 Å². The second-order valence-corrected chi connectivity index (χ2v) is 12.8. The van der Waals surface area contributed by atoms with Crippen LogP contribution in [0.3, 0.4) is 0 Å². The Morgan fingerprint density at radius 3 is 2.76 bits per heavy atom. The normalized spacial score (nSPS) is 12.9. The summed E-state index contributed by atoms with van der Waals surface area (Å²) >= 11 is 2.32. The average molecular weight is 417 g/mol. The van der Waals surface area contributed by atoms with Gasteiger partial charge in [-0.25, -0.2) is 4.98 Å². The van der Waals surface area contributed by atoms with Gasteiger partial charge in [-0.3, -0.25) is 0 Å². The second-order valence-electron chi connectivity index (χ2n) is 6.79. The van der Waals surface area contributed by atoms with Crippen LogP contribution in [0.2, 0.25) is 18.1 Å². The molecule has 0 spiro atoms. The van der Waals surface area contributed by atoms with Crippen LogP contribution in [0.4, 0.5) is 5.69 Å². The second kappa shape index (κ2) is 6.25. The highest BCUT2D eigenvalue weighted by molar-refractivity contribution is 14.1. The van der Waals surface area contributed by atoms with E-state index >= 15 is 0 Å². The van der Waals surface area contributed by atoms with Crippen LogP contribution in [0.5, 0.6) is 0 Å². The van der Waals surface area contributed by atoms with Gasteiger partial charge >= 0.3 is 0 Å². The van der Waals surface area contributed by atoms with E-state index in [0.29, 0.717) is 0 Å². The molecular formula is C15H24IN3OSi. The number of rotatable bonds is 5. The van der Waals surface area contributed by atoms with Gasteiger partial charge in [0.05, 0.1) is 18.5 Å². The summed E-state index contributed by atoms with van der Waals surface area (Å²) in [5.41, 5.74) is 1.97. The number of hydrogen-bond acceptors (Lipinski definition) is 3. The summed E-state index contributed by atoms with van der Waals surface area (Å²) in [7, 11) is -1.65. The summed E-state index contributed by atoms with van der Waals surface area (Å²) in [4.78, 5) is 7.57. The number of hydrogen-bond donors (Lipinski definition) is 2. The molecule has 0 amide bonds. The van der Waals surface area contributed by atoms with Crippen molar-refractivity contribution in [3.63, 3.8) is 0 Å². The van der Waals surface area contributed by atoms with E-state index in [1.54, 1.807) is 0 Å². The molecule has 0 aliphatic rings. The Morgan fingerprint density at radius 2 is 2.10 bits per heavy atom. The summed E-state index contributed by atoms with van der Waals surface area (Å²) in [5, 5.41) is 4.81. The molecule has 0 aliphatic carbocycles. The van der Waals surface area contributed by atoms with Gasteiger partial charge < -0.3 is 14.7 Å². The molecule has 0 fully saturated rings. The van der Waals surface area contributed by atoms with E-state index in [1.807, 2.05) is 12.4 Å². The number of nitrogens with one attached hydrogen (secondary N) is 2. The minimum absolute atomic E-state index is 0.259. The first-order chi connectivity index (χ1) is 9.71. The van der Waals surface area contributed by atoms with Crippen molar-refractivity contribution < 1.29 is 4.43 Å². The van der Waals surface area contributed by atoms with E-state index in [4.69, 9.17) is 4.43 Å². The number of halogens is 1. The van der Waals surface area contributed by atoms with Crippen molar-refractivity contribution in [3.8, 4) is 0 Å². The van der Waals surface area contributed by atoms with Gasteiger partial charge in [-0.2, -0.15) is 0 Å². The first-order valence-electron chi connectivity index (χ1n) is 7.21. The molecule has 2 rings (SSSR count). The first-order valence-corrected chi connectivity index (χ1v) is 11.2. The average Bonchev–Trinajstić information content (AvgIpc) is 2.75. The van der Waals surface area contributed by atoms with Gasteiger partial charge in [0.2, 0.25) is 0 Å². The third-order valence-corrected chi connectivity index (χ3v) is 9.61. The van der Waals surface area contributed by atoms with Crippen molar-refractivity contribution >= 4 is 47.6 Å². The van der Waals surface area contributed by atoms with Crippen LogP contribution in [0, 0.1) is 3.57 Å². The molecule has 0 unspecified atom stereocenters. The van der Waals surface area contributed by atoms with Crippen LogP contribution in [-0.4, -0.2) is 31.4 Å². The molecule has 0 bridgehead atoms. The van der Waals surface area contributed by atoms with Crippen molar-refractivity contribution in [2.75, 3.05) is 18.5 Å². The fourth-order valence-corrected chi connectivity index (χ4v) is 3.40. The Labute approximate surface area is 141 Å². The topological polar surface area (TPSA) is 49.9 Å². The van der Waals surface area contributed by atoms with Gasteiger partial charge in [0, 0.05) is 21.7 Å². The molecule has 2 heterocycles. The molecule has 0 saturated carbocycles. The number of fused-ring (bicyclic) bond motifs is 1. The molecule has 0 atom stereocenters. The highest BCUT2D eigenvalue weighted by Gasteiger charge is 2.36. The van der Waals surface area contributed by atoms with Gasteiger partial charge in [-0.05, 0) is 46.8 Å². The molecule has 0 saturated heterocycles. The lowest BCUT2D eigenvalue weighted by molar-refractivity contribution is 0.301. The van der Waals surface area contributed by atoms with E-state index in [0.717, 1.165) is 29.9 Å². The van der Waals surface area contributed by atoms with Crippen LogP contribution >= 0.6 is 22.6 Å². The Hall–Kier alpha value is -0.603. The minimum Gasteiger partial charge on any atom is -0.415 e. The zero-order valence-corrected chi connectivity index (χ0v) is 16.5. The van der Waals surface area contributed by atoms with Crippen molar-refractivity contribution in [2.45, 2.75) is 38.9 Å². The van der Waals surface area contributed by atoms with Gasteiger partial charge in [-0.15, -0.1) is 0 Å². The molecular weight excluding hydrogens is 393 g/mol. The Bertz CT molecular complexity index is 619. The quantitative estimate of drug-likeness (QED) is 0.425. The number of pyridine rings is 1. The van der Waals surface area contributed by atoms with E-state index in [2.05, 4.69) is 77.8 Å². The predicted molar refractivity (Wildman–Crippen MR) is 100 cm³/mol.